The molecule has 25 heavy (non-hydrogen) atoms. The standard InChI is InChI=1S/C18H18N6S/c1-11-12(7-13(8-19)24(11)2)9-22-23-17-16-14-5-3-4-6-15(14)25-18(16)21-10-20-17/h7,9-10H,3-6H2,1-2H3,(H,20,21,23). The molecule has 0 saturated carbocycles. The predicted molar refractivity (Wildman–Crippen MR) is 100 cm³/mol. The van der Waals surface area contributed by atoms with Gasteiger partial charge in [-0.05, 0) is 44.2 Å². The summed E-state index contributed by atoms with van der Waals surface area (Å²) in [5.41, 5.74) is 7.00. The Morgan fingerprint density at radius 1 is 1.36 bits per heavy atom. The van der Waals surface area contributed by atoms with Crippen LogP contribution in [0.4, 0.5) is 5.82 Å². The van der Waals surface area contributed by atoms with Gasteiger partial charge in [-0.1, -0.05) is 0 Å². The summed E-state index contributed by atoms with van der Waals surface area (Å²) in [5, 5.41) is 14.6. The van der Waals surface area contributed by atoms with Crippen LogP contribution in [0.5, 0.6) is 0 Å². The van der Waals surface area contributed by atoms with E-state index in [1.165, 1.54) is 23.3 Å². The van der Waals surface area contributed by atoms with Crippen molar-refractivity contribution in [1.29, 1.82) is 5.26 Å². The van der Waals surface area contributed by atoms with Crippen molar-refractivity contribution < 1.29 is 0 Å². The maximum absolute atomic E-state index is 9.12. The highest BCUT2D eigenvalue weighted by atomic mass is 32.1. The number of hydrogen-bond acceptors (Lipinski definition) is 6. The number of hydrogen-bond donors (Lipinski definition) is 1. The molecular formula is C18H18N6S. The lowest BCUT2D eigenvalue weighted by atomic mass is 9.97. The van der Waals surface area contributed by atoms with Crippen LogP contribution >= 0.6 is 11.3 Å². The van der Waals surface area contributed by atoms with Crippen molar-refractivity contribution in [2.75, 3.05) is 5.43 Å². The van der Waals surface area contributed by atoms with Gasteiger partial charge in [-0.25, -0.2) is 9.97 Å². The Hall–Kier alpha value is -2.72. The van der Waals surface area contributed by atoms with E-state index in [4.69, 9.17) is 5.26 Å². The van der Waals surface area contributed by atoms with Crippen LogP contribution in [0.2, 0.25) is 0 Å². The van der Waals surface area contributed by atoms with Crippen LogP contribution in [0, 0.1) is 18.3 Å². The van der Waals surface area contributed by atoms with E-state index in [9.17, 15) is 0 Å². The summed E-state index contributed by atoms with van der Waals surface area (Å²) in [4.78, 5) is 11.3. The highest BCUT2D eigenvalue weighted by Gasteiger charge is 2.19. The minimum atomic E-state index is 0.621. The summed E-state index contributed by atoms with van der Waals surface area (Å²) in [6.45, 7) is 1.97. The van der Waals surface area contributed by atoms with Crippen LogP contribution in [0.25, 0.3) is 10.2 Å². The molecule has 1 N–H and O–H groups in total. The van der Waals surface area contributed by atoms with Crippen molar-refractivity contribution in [3.8, 4) is 6.07 Å². The summed E-state index contributed by atoms with van der Waals surface area (Å²) in [7, 11) is 1.88. The first-order valence-electron chi connectivity index (χ1n) is 8.29. The normalized spacial score (nSPS) is 14.0. The van der Waals surface area contributed by atoms with Crippen molar-refractivity contribution in [3.63, 3.8) is 0 Å². The highest BCUT2D eigenvalue weighted by Crippen LogP contribution is 2.38. The summed E-state index contributed by atoms with van der Waals surface area (Å²) >= 11 is 1.77. The van der Waals surface area contributed by atoms with Gasteiger partial charge in [-0.15, -0.1) is 11.3 Å². The molecule has 1 aliphatic carbocycles. The average Bonchev–Trinajstić information content (AvgIpc) is 3.14. The van der Waals surface area contributed by atoms with Crippen molar-refractivity contribution in [3.05, 3.63) is 39.8 Å². The molecule has 0 amide bonds. The molecule has 3 aromatic heterocycles. The maximum atomic E-state index is 9.12. The molecule has 0 spiro atoms. The average molecular weight is 350 g/mol. The van der Waals surface area contributed by atoms with Gasteiger partial charge in [0.15, 0.2) is 5.82 Å². The monoisotopic (exact) mass is 350 g/mol. The number of fused-ring (bicyclic) bond motifs is 3. The summed E-state index contributed by atoms with van der Waals surface area (Å²) in [6.07, 6.45) is 8.02. The Morgan fingerprint density at radius 3 is 3.00 bits per heavy atom. The van der Waals surface area contributed by atoms with Crippen LogP contribution in [0.1, 0.15) is 40.2 Å². The topological polar surface area (TPSA) is 78.9 Å². The minimum Gasteiger partial charge on any atom is -0.339 e. The Kier molecular flexibility index (Phi) is 3.98. The quantitative estimate of drug-likeness (QED) is 0.579. The molecule has 0 aromatic carbocycles. The van der Waals surface area contributed by atoms with Gasteiger partial charge < -0.3 is 4.57 Å². The molecule has 0 unspecified atom stereocenters. The van der Waals surface area contributed by atoms with Crippen molar-refractivity contribution in [2.45, 2.75) is 32.6 Å². The van der Waals surface area contributed by atoms with Crippen molar-refractivity contribution in [1.82, 2.24) is 14.5 Å². The van der Waals surface area contributed by atoms with Gasteiger partial charge in [0.05, 0.1) is 11.6 Å². The summed E-state index contributed by atoms with van der Waals surface area (Å²) in [6, 6.07) is 4.02. The molecule has 0 radical (unpaired) electrons. The Morgan fingerprint density at radius 2 is 2.20 bits per heavy atom. The van der Waals surface area contributed by atoms with E-state index in [2.05, 4.69) is 26.6 Å². The van der Waals surface area contributed by atoms with Crippen LogP contribution in [-0.4, -0.2) is 20.7 Å². The third-order valence-corrected chi connectivity index (χ3v) is 6.01. The number of thiophene rings is 1. The number of aromatic nitrogens is 3. The summed E-state index contributed by atoms with van der Waals surface area (Å²) < 4.78 is 1.86. The van der Waals surface area contributed by atoms with Gasteiger partial charge in [-0.3, -0.25) is 5.43 Å². The number of aryl methyl sites for hydroxylation is 2. The minimum absolute atomic E-state index is 0.621. The zero-order chi connectivity index (χ0) is 17.4. The Balaban J connectivity index is 1.66. The summed E-state index contributed by atoms with van der Waals surface area (Å²) in [5.74, 6) is 0.759. The van der Waals surface area contributed by atoms with E-state index in [1.807, 2.05) is 24.6 Å². The van der Waals surface area contributed by atoms with Crippen LogP contribution in [0.3, 0.4) is 0 Å². The van der Waals surface area contributed by atoms with E-state index >= 15 is 0 Å². The van der Waals surface area contributed by atoms with E-state index in [0.29, 0.717) is 5.69 Å². The number of rotatable bonds is 3. The second kappa shape index (κ2) is 6.30. The molecule has 1 aliphatic rings. The number of nitrogens with one attached hydrogen (secondary N) is 1. The van der Waals surface area contributed by atoms with Crippen LogP contribution in [0.15, 0.2) is 17.5 Å². The fourth-order valence-corrected chi connectivity index (χ4v) is 4.53. The van der Waals surface area contributed by atoms with Crippen LogP contribution < -0.4 is 5.43 Å². The smallest absolute Gasteiger partial charge is 0.158 e. The second-order valence-corrected chi connectivity index (χ2v) is 7.31. The zero-order valence-electron chi connectivity index (χ0n) is 14.2. The Bertz CT molecular complexity index is 1020. The number of nitriles is 1. The molecule has 0 aliphatic heterocycles. The number of anilines is 1. The molecule has 4 rings (SSSR count). The zero-order valence-corrected chi connectivity index (χ0v) is 15.0. The van der Waals surface area contributed by atoms with Gasteiger partial charge in [0.1, 0.15) is 22.9 Å². The molecule has 0 saturated heterocycles. The lowest BCUT2D eigenvalue weighted by Crippen LogP contribution is -2.01. The van der Waals surface area contributed by atoms with E-state index in [1.54, 1.807) is 23.9 Å². The first kappa shape index (κ1) is 15.8. The van der Waals surface area contributed by atoms with Gasteiger partial charge >= 0.3 is 0 Å². The van der Waals surface area contributed by atoms with E-state index in [0.717, 1.165) is 40.1 Å². The van der Waals surface area contributed by atoms with Crippen molar-refractivity contribution >= 4 is 33.6 Å². The Labute approximate surface area is 149 Å². The highest BCUT2D eigenvalue weighted by molar-refractivity contribution is 7.19. The van der Waals surface area contributed by atoms with Crippen LogP contribution in [-0.2, 0) is 19.9 Å². The first-order chi connectivity index (χ1) is 12.2. The van der Waals surface area contributed by atoms with E-state index < -0.39 is 0 Å². The third-order valence-electron chi connectivity index (χ3n) is 4.81. The molecule has 6 nitrogen and oxygen atoms in total. The molecule has 0 fully saturated rings. The molecule has 126 valence electrons. The van der Waals surface area contributed by atoms with Crippen molar-refractivity contribution in [2.24, 2.45) is 12.1 Å². The first-order valence-corrected chi connectivity index (χ1v) is 9.11. The fraction of sp³-hybridized carbons (Fsp3) is 0.333. The molecule has 3 aromatic rings. The lowest BCUT2D eigenvalue weighted by molar-refractivity contribution is 0.700. The molecule has 7 heteroatoms. The van der Waals surface area contributed by atoms with Gasteiger partial charge in [0.2, 0.25) is 0 Å². The molecular weight excluding hydrogens is 332 g/mol. The maximum Gasteiger partial charge on any atom is 0.158 e. The lowest BCUT2D eigenvalue weighted by Gasteiger charge is -2.11. The SMILES string of the molecule is Cc1c(C=NNc2ncnc3sc4c(c23)CCCC4)cc(C#N)n1C. The third kappa shape index (κ3) is 2.68. The van der Waals surface area contributed by atoms with Gasteiger partial charge in [0, 0.05) is 23.2 Å². The fourth-order valence-electron chi connectivity index (χ4n) is 3.30. The molecule has 3 heterocycles. The van der Waals surface area contributed by atoms with E-state index in [-0.39, 0.29) is 0 Å². The predicted octanol–water partition coefficient (Wildman–Crippen LogP) is 3.53. The molecule has 0 atom stereocenters. The number of nitrogens with zero attached hydrogens (tertiary/aromatic N) is 5. The largest absolute Gasteiger partial charge is 0.339 e. The van der Waals surface area contributed by atoms with Gasteiger partial charge in [-0.2, -0.15) is 10.4 Å². The van der Waals surface area contributed by atoms with Gasteiger partial charge in [0.25, 0.3) is 0 Å². The number of hydrazone groups is 1. The molecule has 0 bridgehead atoms. The second-order valence-electron chi connectivity index (χ2n) is 6.22.